The van der Waals surface area contributed by atoms with E-state index in [-0.39, 0.29) is 11.1 Å². The Morgan fingerprint density at radius 2 is 0.875 bits per heavy atom. The fraction of sp³-hybridized carbons (Fsp3) is 0.400. The van der Waals surface area contributed by atoms with Gasteiger partial charge in [-0.15, -0.1) is 0 Å². The summed E-state index contributed by atoms with van der Waals surface area (Å²) in [5.74, 6) is -3.44. The van der Waals surface area contributed by atoms with Crippen molar-refractivity contribution in [1.82, 2.24) is 0 Å². The Bertz CT molecular complexity index is 341. The zero-order chi connectivity index (χ0) is 12.9. The fourth-order valence-corrected chi connectivity index (χ4v) is 0.720. The zero-order valence-corrected chi connectivity index (χ0v) is 9.45. The minimum atomic E-state index is -0.939. The lowest BCUT2D eigenvalue weighted by atomic mass is 10.1. The van der Waals surface area contributed by atoms with Crippen molar-refractivity contribution in [3.05, 3.63) is 11.1 Å². The van der Waals surface area contributed by atoms with Gasteiger partial charge in [-0.1, -0.05) is 0 Å². The summed E-state index contributed by atoms with van der Waals surface area (Å²) in [6.07, 6.45) is 0. The average Bonchev–Trinajstić information content (AvgIpc) is 2.13. The minimum absolute atomic E-state index is 0.0820. The van der Waals surface area contributed by atoms with Crippen LogP contribution in [0.2, 0.25) is 0 Å². The molecule has 0 N–H and O–H groups in total. The molecule has 0 aliphatic carbocycles. The van der Waals surface area contributed by atoms with Gasteiger partial charge in [0.2, 0.25) is 0 Å². The van der Waals surface area contributed by atoms with Crippen LogP contribution >= 0.6 is 0 Å². The molecular weight excluding hydrogens is 216 g/mol. The van der Waals surface area contributed by atoms with Crippen molar-refractivity contribution < 1.29 is 28.7 Å². The van der Waals surface area contributed by atoms with Crippen LogP contribution in [0.15, 0.2) is 11.1 Å². The highest BCUT2D eigenvalue weighted by Gasteiger charge is 2.18. The van der Waals surface area contributed by atoms with Gasteiger partial charge in [0.1, 0.15) is 0 Å². The standard InChI is InChI=1S/C10H12O6/c1-5(9(13)15-7(3)11)6(2)10(14)16-8(4)12/h1-4H3/b6-5+. The Morgan fingerprint density at radius 3 is 1.06 bits per heavy atom. The zero-order valence-electron chi connectivity index (χ0n) is 9.45. The quantitative estimate of drug-likeness (QED) is 0.388. The number of carbonyl (C=O) groups is 4. The van der Waals surface area contributed by atoms with Gasteiger partial charge in [-0.25, -0.2) is 9.59 Å². The van der Waals surface area contributed by atoms with Crippen molar-refractivity contribution in [2.24, 2.45) is 0 Å². The van der Waals surface area contributed by atoms with Gasteiger partial charge in [-0.2, -0.15) is 0 Å². The molecule has 0 spiro atoms. The average molecular weight is 228 g/mol. The van der Waals surface area contributed by atoms with Crippen LogP contribution in [-0.4, -0.2) is 23.9 Å². The van der Waals surface area contributed by atoms with Gasteiger partial charge in [0.05, 0.1) is 0 Å². The van der Waals surface area contributed by atoms with E-state index in [1.165, 1.54) is 13.8 Å². The summed E-state index contributed by atoms with van der Waals surface area (Å²) >= 11 is 0. The molecule has 6 nitrogen and oxygen atoms in total. The highest BCUT2D eigenvalue weighted by molar-refractivity contribution is 6.04. The summed E-state index contributed by atoms with van der Waals surface area (Å²) < 4.78 is 8.52. The van der Waals surface area contributed by atoms with E-state index in [0.29, 0.717) is 0 Å². The third-order valence-corrected chi connectivity index (χ3v) is 1.65. The van der Waals surface area contributed by atoms with E-state index in [1.54, 1.807) is 0 Å². The summed E-state index contributed by atoms with van der Waals surface area (Å²) in [6, 6.07) is 0. The van der Waals surface area contributed by atoms with E-state index in [0.717, 1.165) is 13.8 Å². The summed E-state index contributed by atoms with van der Waals surface area (Å²) in [7, 11) is 0. The Morgan fingerprint density at radius 1 is 0.625 bits per heavy atom. The number of hydrogen-bond acceptors (Lipinski definition) is 6. The minimum Gasteiger partial charge on any atom is -0.390 e. The monoisotopic (exact) mass is 228 g/mol. The van der Waals surface area contributed by atoms with Gasteiger partial charge in [-0.3, -0.25) is 9.59 Å². The van der Waals surface area contributed by atoms with Crippen LogP contribution in [0.25, 0.3) is 0 Å². The van der Waals surface area contributed by atoms with Crippen LogP contribution in [-0.2, 0) is 28.7 Å². The summed E-state index contributed by atoms with van der Waals surface area (Å²) in [5, 5.41) is 0. The normalized spacial score (nSPS) is 11.2. The van der Waals surface area contributed by atoms with E-state index in [2.05, 4.69) is 9.47 Å². The van der Waals surface area contributed by atoms with Crippen molar-refractivity contribution in [2.45, 2.75) is 27.7 Å². The first-order chi connectivity index (χ1) is 7.25. The van der Waals surface area contributed by atoms with Gasteiger partial charge in [0.15, 0.2) is 0 Å². The lowest BCUT2D eigenvalue weighted by Gasteiger charge is -2.04. The molecule has 0 aliphatic rings. The summed E-state index contributed by atoms with van der Waals surface area (Å²) in [6.45, 7) is 4.72. The molecule has 0 atom stereocenters. The molecule has 0 aromatic carbocycles. The largest absolute Gasteiger partial charge is 0.390 e. The van der Waals surface area contributed by atoms with Gasteiger partial charge in [0, 0.05) is 25.0 Å². The highest BCUT2D eigenvalue weighted by atomic mass is 16.6. The Labute approximate surface area is 92.2 Å². The van der Waals surface area contributed by atoms with Gasteiger partial charge >= 0.3 is 23.9 Å². The Kier molecular flexibility index (Phi) is 5.08. The van der Waals surface area contributed by atoms with E-state index >= 15 is 0 Å². The maximum absolute atomic E-state index is 11.2. The molecule has 0 fully saturated rings. The molecule has 0 heterocycles. The number of ether oxygens (including phenoxy) is 2. The van der Waals surface area contributed by atoms with Crippen LogP contribution in [0.4, 0.5) is 0 Å². The molecule has 0 aliphatic heterocycles. The molecule has 88 valence electrons. The molecule has 16 heavy (non-hydrogen) atoms. The molecule has 6 heteroatoms. The van der Waals surface area contributed by atoms with E-state index < -0.39 is 23.9 Å². The molecule has 0 unspecified atom stereocenters. The van der Waals surface area contributed by atoms with Crippen LogP contribution < -0.4 is 0 Å². The second-order valence-corrected chi connectivity index (χ2v) is 3.01. The maximum Gasteiger partial charge on any atom is 0.341 e. The fourth-order valence-electron chi connectivity index (χ4n) is 0.720. The van der Waals surface area contributed by atoms with E-state index in [9.17, 15) is 19.2 Å². The molecule has 0 amide bonds. The lowest BCUT2D eigenvalue weighted by molar-refractivity contribution is -0.158. The smallest absolute Gasteiger partial charge is 0.341 e. The number of esters is 4. The van der Waals surface area contributed by atoms with E-state index in [1.807, 2.05) is 0 Å². The molecule has 0 saturated carbocycles. The highest BCUT2D eigenvalue weighted by Crippen LogP contribution is 2.08. The lowest BCUT2D eigenvalue weighted by Crippen LogP contribution is -2.16. The topological polar surface area (TPSA) is 86.7 Å². The summed E-state index contributed by atoms with van der Waals surface area (Å²) in [4.78, 5) is 43.4. The van der Waals surface area contributed by atoms with Crippen LogP contribution in [0.3, 0.4) is 0 Å². The van der Waals surface area contributed by atoms with Gasteiger partial charge in [0.25, 0.3) is 0 Å². The molecule has 0 aromatic rings. The number of hydrogen-bond donors (Lipinski definition) is 0. The van der Waals surface area contributed by atoms with Crippen molar-refractivity contribution >= 4 is 23.9 Å². The van der Waals surface area contributed by atoms with Crippen LogP contribution in [0.5, 0.6) is 0 Å². The third kappa shape index (κ3) is 4.50. The molecule has 0 bridgehead atoms. The Balaban J connectivity index is 4.81. The number of carbonyl (C=O) groups excluding carboxylic acids is 4. The molecule has 0 saturated heterocycles. The second-order valence-electron chi connectivity index (χ2n) is 3.01. The SMILES string of the molecule is CC(=O)OC(=O)/C(C)=C(\C)C(=O)OC(C)=O. The first-order valence-corrected chi connectivity index (χ1v) is 4.38. The summed E-state index contributed by atoms with van der Waals surface area (Å²) in [5.41, 5.74) is -0.164. The Hall–Kier alpha value is -1.98. The maximum atomic E-state index is 11.2. The van der Waals surface area contributed by atoms with Gasteiger partial charge < -0.3 is 9.47 Å². The van der Waals surface area contributed by atoms with Crippen molar-refractivity contribution in [3.8, 4) is 0 Å². The molecule has 0 radical (unpaired) electrons. The molecular formula is C10H12O6. The van der Waals surface area contributed by atoms with Crippen molar-refractivity contribution in [1.29, 1.82) is 0 Å². The van der Waals surface area contributed by atoms with Crippen molar-refractivity contribution in [2.75, 3.05) is 0 Å². The first-order valence-electron chi connectivity index (χ1n) is 4.38. The number of rotatable bonds is 2. The van der Waals surface area contributed by atoms with Gasteiger partial charge in [-0.05, 0) is 13.8 Å². The predicted molar refractivity (Wildman–Crippen MR) is 51.9 cm³/mol. The van der Waals surface area contributed by atoms with Crippen LogP contribution in [0.1, 0.15) is 27.7 Å². The van der Waals surface area contributed by atoms with E-state index in [4.69, 9.17) is 0 Å². The molecule has 0 rings (SSSR count). The van der Waals surface area contributed by atoms with Crippen molar-refractivity contribution in [3.63, 3.8) is 0 Å². The third-order valence-electron chi connectivity index (χ3n) is 1.65. The van der Waals surface area contributed by atoms with Crippen LogP contribution in [0, 0.1) is 0 Å². The first kappa shape index (κ1) is 14.0. The second kappa shape index (κ2) is 5.79. The predicted octanol–water partition coefficient (Wildman–Crippen LogP) is 0.502. The molecule has 0 aromatic heterocycles.